The lowest BCUT2D eigenvalue weighted by atomic mass is 9.96. The Bertz CT molecular complexity index is 489. The fourth-order valence-electron chi connectivity index (χ4n) is 2.35. The molecule has 0 saturated carbocycles. The number of primary amides is 1. The van der Waals surface area contributed by atoms with Gasteiger partial charge in [0.1, 0.15) is 0 Å². The van der Waals surface area contributed by atoms with Gasteiger partial charge in [-0.2, -0.15) is 13.2 Å². The van der Waals surface area contributed by atoms with Crippen LogP contribution in [-0.2, 0) is 11.0 Å². The van der Waals surface area contributed by atoms with Gasteiger partial charge in [-0.25, -0.2) is 0 Å². The highest BCUT2D eigenvalue weighted by molar-refractivity contribution is 5.75. The van der Waals surface area contributed by atoms with Crippen molar-refractivity contribution >= 4 is 5.91 Å². The lowest BCUT2D eigenvalue weighted by Crippen LogP contribution is -2.44. The molecule has 1 aliphatic heterocycles. The van der Waals surface area contributed by atoms with Gasteiger partial charge in [0.2, 0.25) is 5.91 Å². The summed E-state index contributed by atoms with van der Waals surface area (Å²) in [5.41, 5.74) is 4.88. The van der Waals surface area contributed by atoms with E-state index in [1.54, 1.807) is 0 Å². The molecule has 5 nitrogen and oxygen atoms in total. The molecule has 0 aromatic carbocycles. The van der Waals surface area contributed by atoms with Crippen molar-refractivity contribution in [3.05, 3.63) is 29.6 Å². The Morgan fingerprint density at radius 1 is 1.48 bits per heavy atom. The topological polar surface area (TPSA) is 80.0 Å². The summed E-state index contributed by atoms with van der Waals surface area (Å²) in [5.74, 6) is -0.433. The van der Waals surface area contributed by atoms with Gasteiger partial charge < -0.3 is 16.4 Å². The highest BCUT2D eigenvalue weighted by atomic mass is 19.4. The zero-order valence-electron chi connectivity index (χ0n) is 11.3. The molecule has 116 valence electrons. The molecule has 1 aliphatic rings. The predicted molar refractivity (Wildman–Crippen MR) is 70.2 cm³/mol. The second-order valence-corrected chi connectivity index (χ2v) is 5.04. The summed E-state index contributed by atoms with van der Waals surface area (Å²) in [5, 5.41) is 6.25. The van der Waals surface area contributed by atoms with Crippen LogP contribution in [0.2, 0.25) is 0 Å². The fourth-order valence-corrected chi connectivity index (χ4v) is 2.35. The second kappa shape index (κ2) is 6.40. The van der Waals surface area contributed by atoms with E-state index < -0.39 is 17.6 Å². The van der Waals surface area contributed by atoms with Gasteiger partial charge in [-0.3, -0.25) is 9.78 Å². The van der Waals surface area contributed by atoms with Crippen LogP contribution in [0.5, 0.6) is 0 Å². The van der Waals surface area contributed by atoms with Crippen molar-refractivity contribution in [3.63, 3.8) is 0 Å². The Morgan fingerprint density at radius 2 is 2.24 bits per heavy atom. The molecule has 0 aliphatic carbocycles. The van der Waals surface area contributed by atoms with Gasteiger partial charge in [-0.05, 0) is 31.5 Å². The lowest BCUT2D eigenvalue weighted by Gasteiger charge is -2.30. The Hall–Kier alpha value is -1.67. The minimum absolute atomic E-state index is 0.0906. The van der Waals surface area contributed by atoms with E-state index in [0.29, 0.717) is 18.7 Å². The maximum absolute atomic E-state index is 12.5. The largest absolute Gasteiger partial charge is 0.417 e. The number of carbonyl (C=O) groups excluding carboxylic acids is 1. The number of rotatable bonds is 4. The molecule has 1 aromatic heterocycles. The number of nitrogens with one attached hydrogen (secondary N) is 2. The summed E-state index contributed by atoms with van der Waals surface area (Å²) < 4.78 is 37.5. The van der Waals surface area contributed by atoms with E-state index in [9.17, 15) is 18.0 Å². The third-order valence-corrected chi connectivity index (χ3v) is 3.44. The van der Waals surface area contributed by atoms with Crippen LogP contribution in [0.3, 0.4) is 0 Å². The SMILES string of the molecule is NC(=O)CNC1CCNC(c2ccc(C(F)(F)F)cn2)C1. The number of alkyl halides is 3. The van der Waals surface area contributed by atoms with Crippen LogP contribution in [-0.4, -0.2) is 30.0 Å². The van der Waals surface area contributed by atoms with E-state index in [0.717, 1.165) is 18.7 Å². The normalized spacial score (nSPS) is 23.0. The molecule has 8 heteroatoms. The predicted octanol–water partition coefficient (Wildman–Crippen LogP) is 0.968. The molecule has 1 amide bonds. The summed E-state index contributed by atoms with van der Waals surface area (Å²) in [4.78, 5) is 14.6. The van der Waals surface area contributed by atoms with Crippen LogP contribution in [0.25, 0.3) is 0 Å². The number of nitrogens with two attached hydrogens (primary N) is 1. The second-order valence-electron chi connectivity index (χ2n) is 5.04. The molecule has 21 heavy (non-hydrogen) atoms. The molecule has 0 radical (unpaired) electrons. The molecular weight excluding hydrogens is 285 g/mol. The van der Waals surface area contributed by atoms with Gasteiger partial charge in [0.15, 0.2) is 0 Å². The summed E-state index contributed by atoms with van der Waals surface area (Å²) in [6.45, 7) is 0.793. The van der Waals surface area contributed by atoms with Crippen molar-refractivity contribution in [1.29, 1.82) is 0 Å². The number of pyridine rings is 1. The van der Waals surface area contributed by atoms with Gasteiger partial charge in [0.05, 0.1) is 23.8 Å². The number of carbonyl (C=O) groups is 1. The fraction of sp³-hybridized carbons (Fsp3) is 0.538. The number of nitrogens with zero attached hydrogens (tertiary/aromatic N) is 1. The van der Waals surface area contributed by atoms with Crippen LogP contribution in [0.1, 0.15) is 30.1 Å². The van der Waals surface area contributed by atoms with E-state index in [-0.39, 0.29) is 18.6 Å². The molecule has 2 rings (SSSR count). The zero-order valence-corrected chi connectivity index (χ0v) is 11.3. The first-order valence-electron chi connectivity index (χ1n) is 6.64. The standard InChI is InChI=1S/C13H17F3N4O/c14-13(15,16)8-1-2-10(20-6-8)11-5-9(3-4-18-11)19-7-12(17)21/h1-2,6,9,11,18-19H,3-5,7H2,(H2,17,21). The van der Waals surface area contributed by atoms with E-state index in [4.69, 9.17) is 5.73 Å². The number of hydrogen-bond donors (Lipinski definition) is 3. The molecule has 0 spiro atoms. The highest BCUT2D eigenvalue weighted by Gasteiger charge is 2.31. The third kappa shape index (κ3) is 4.40. The van der Waals surface area contributed by atoms with E-state index >= 15 is 0 Å². The van der Waals surface area contributed by atoms with Crippen LogP contribution in [0.15, 0.2) is 18.3 Å². The Morgan fingerprint density at radius 3 is 2.81 bits per heavy atom. The Kier molecular flexibility index (Phi) is 4.79. The zero-order chi connectivity index (χ0) is 15.5. The van der Waals surface area contributed by atoms with E-state index in [1.807, 2.05) is 0 Å². The molecule has 1 saturated heterocycles. The van der Waals surface area contributed by atoms with Crippen molar-refractivity contribution in [3.8, 4) is 0 Å². The average molecular weight is 302 g/mol. The number of amides is 1. The molecule has 2 heterocycles. The summed E-state index contributed by atoms with van der Waals surface area (Å²) in [7, 11) is 0. The minimum atomic E-state index is -4.38. The lowest BCUT2D eigenvalue weighted by molar-refractivity contribution is -0.137. The molecule has 0 bridgehead atoms. The average Bonchev–Trinajstić information content (AvgIpc) is 2.45. The minimum Gasteiger partial charge on any atom is -0.369 e. The smallest absolute Gasteiger partial charge is 0.369 e. The van der Waals surface area contributed by atoms with E-state index in [2.05, 4.69) is 15.6 Å². The molecule has 1 fully saturated rings. The van der Waals surface area contributed by atoms with E-state index in [1.165, 1.54) is 6.07 Å². The monoisotopic (exact) mass is 302 g/mol. The van der Waals surface area contributed by atoms with Crippen molar-refractivity contribution in [2.45, 2.75) is 31.1 Å². The molecular formula is C13H17F3N4O. The maximum atomic E-state index is 12.5. The van der Waals surface area contributed by atoms with Crippen LogP contribution >= 0.6 is 0 Å². The first-order valence-corrected chi connectivity index (χ1v) is 6.64. The summed E-state index contributed by atoms with van der Waals surface area (Å²) >= 11 is 0. The van der Waals surface area contributed by atoms with Crippen molar-refractivity contribution < 1.29 is 18.0 Å². The molecule has 2 unspecified atom stereocenters. The highest BCUT2D eigenvalue weighted by Crippen LogP contribution is 2.30. The van der Waals surface area contributed by atoms with Gasteiger partial charge in [-0.1, -0.05) is 0 Å². The number of halogens is 3. The quantitative estimate of drug-likeness (QED) is 0.774. The number of hydrogen-bond acceptors (Lipinski definition) is 4. The first kappa shape index (κ1) is 15.7. The summed E-state index contributed by atoms with van der Waals surface area (Å²) in [6, 6.07) is 2.38. The van der Waals surface area contributed by atoms with Gasteiger partial charge in [-0.15, -0.1) is 0 Å². The van der Waals surface area contributed by atoms with Crippen LogP contribution in [0, 0.1) is 0 Å². The van der Waals surface area contributed by atoms with Crippen molar-refractivity contribution in [2.24, 2.45) is 5.73 Å². The van der Waals surface area contributed by atoms with Crippen molar-refractivity contribution in [1.82, 2.24) is 15.6 Å². The van der Waals surface area contributed by atoms with Gasteiger partial charge in [0.25, 0.3) is 0 Å². The maximum Gasteiger partial charge on any atom is 0.417 e. The number of aromatic nitrogens is 1. The Labute approximate surface area is 120 Å². The summed E-state index contributed by atoms with van der Waals surface area (Å²) in [6.07, 6.45) is -2.06. The van der Waals surface area contributed by atoms with Crippen LogP contribution < -0.4 is 16.4 Å². The number of piperidine rings is 1. The van der Waals surface area contributed by atoms with Gasteiger partial charge >= 0.3 is 6.18 Å². The van der Waals surface area contributed by atoms with Gasteiger partial charge in [0, 0.05) is 12.2 Å². The van der Waals surface area contributed by atoms with Crippen molar-refractivity contribution in [2.75, 3.05) is 13.1 Å². The molecule has 4 N–H and O–H groups in total. The van der Waals surface area contributed by atoms with Crippen LogP contribution in [0.4, 0.5) is 13.2 Å². The molecule has 2 atom stereocenters. The third-order valence-electron chi connectivity index (χ3n) is 3.44. The first-order chi connectivity index (χ1) is 9.86. The molecule has 1 aromatic rings. The Balaban J connectivity index is 1.99.